The molecule has 0 unspecified atom stereocenters. The lowest BCUT2D eigenvalue weighted by Gasteiger charge is -2.35. The Labute approximate surface area is 335 Å². The first-order valence-corrected chi connectivity index (χ1v) is 19.3. The standard InChI is InChI=1S/C44H54N2O8.CO2/c1-44(2)53-40-28-39(52-42(40)54-44)38(47)29-46(41(33-18-22-36(49-3)23-19-33)34-20-24-37(50-4)25-21-34)26-12-11-17-35(27-31-13-7-5-8-14-31)45-43(48)51-30-32-15-9-6-10-16-32;2-1-3/h5-10,13-16,18-25,35,38-42,47H,11-12,17,26-30H2,1-4H3,(H,45,48);/t35-,38+,39-,40+,42+;/m0./s1. The van der Waals surface area contributed by atoms with Gasteiger partial charge in [-0.2, -0.15) is 9.59 Å². The van der Waals surface area contributed by atoms with Crippen LogP contribution in [-0.2, 0) is 41.6 Å². The Kier molecular flexibility index (Phi) is 16.2. The van der Waals surface area contributed by atoms with Crippen LogP contribution in [0.25, 0.3) is 0 Å². The number of methoxy groups -OCH3 is 2. The molecule has 0 radical (unpaired) electrons. The summed E-state index contributed by atoms with van der Waals surface area (Å²) >= 11 is 0. The molecule has 0 bridgehead atoms. The molecular weight excluding hydrogens is 728 g/mol. The smallest absolute Gasteiger partial charge is 0.407 e. The summed E-state index contributed by atoms with van der Waals surface area (Å²) in [5.74, 6) is 0.829. The zero-order valence-electron chi connectivity index (χ0n) is 33.1. The van der Waals surface area contributed by atoms with Crippen LogP contribution >= 0.6 is 0 Å². The van der Waals surface area contributed by atoms with Gasteiger partial charge in [-0.25, -0.2) is 4.79 Å². The number of fused-ring (bicyclic) bond motifs is 1. The second-order valence-electron chi connectivity index (χ2n) is 14.6. The van der Waals surface area contributed by atoms with Crippen molar-refractivity contribution >= 4 is 12.2 Å². The molecule has 4 aromatic rings. The number of unbranched alkanes of at least 4 members (excludes halogenated alkanes) is 1. The van der Waals surface area contributed by atoms with Gasteiger partial charge in [0.25, 0.3) is 0 Å². The van der Waals surface area contributed by atoms with E-state index in [1.807, 2.05) is 86.6 Å². The largest absolute Gasteiger partial charge is 0.497 e. The topological polar surface area (TPSA) is 142 Å². The van der Waals surface area contributed by atoms with Crippen LogP contribution in [0.1, 0.15) is 67.8 Å². The number of hydrogen-bond acceptors (Lipinski definition) is 11. The van der Waals surface area contributed by atoms with Crippen molar-refractivity contribution in [1.82, 2.24) is 10.2 Å². The molecule has 2 N–H and O–H groups in total. The van der Waals surface area contributed by atoms with Gasteiger partial charge in [-0.15, -0.1) is 0 Å². The minimum absolute atomic E-state index is 0.121. The average Bonchev–Trinajstić information content (AvgIpc) is 3.74. The van der Waals surface area contributed by atoms with Crippen molar-refractivity contribution in [3.63, 3.8) is 0 Å². The Balaban J connectivity index is 0.00000200. The summed E-state index contributed by atoms with van der Waals surface area (Å²) in [7, 11) is 3.32. The van der Waals surface area contributed by atoms with Crippen molar-refractivity contribution in [3.05, 3.63) is 131 Å². The Hall–Kier alpha value is -5.07. The molecule has 12 heteroatoms. The highest BCUT2D eigenvalue weighted by molar-refractivity contribution is 5.67. The van der Waals surface area contributed by atoms with Gasteiger partial charge in [0.2, 0.25) is 0 Å². The number of nitrogens with zero attached hydrogens (tertiary/aromatic N) is 1. The maximum absolute atomic E-state index is 13.0. The number of nitrogens with one attached hydrogen (secondary N) is 1. The third kappa shape index (κ3) is 13.0. The minimum Gasteiger partial charge on any atom is -0.497 e. The highest BCUT2D eigenvalue weighted by Gasteiger charge is 2.50. The number of carbonyl (C=O) groups is 1. The second-order valence-corrected chi connectivity index (χ2v) is 14.6. The molecule has 0 aliphatic carbocycles. The quantitative estimate of drug-likeness (QED) is 0.102. The van der Waals surface area contributed by atoms with E-state index in [-0.39, 0.29) is 30.9 Å². The van der Waals surface area contributed by atoms with Crippen LogP contribution < -0.4 is 14.8 Å². The SMILES string of the molecule is COc1ccc(C(c2ccc(OC)cc2)N(CCCC[C@@H](Cc2ccccc2)NC(=O)OCc2ccccc2)C[C@@H](O)[C@@H]2C[C@H]3OC(C)(C)O[C@H]3O2)cc1.O=C=O. The molecule has 0 spiro atoms. The van der Waals surface area contributed by atoms with E-state index >= 15 is 0 Å². The van der Waals surface area contributed by atoms with E-state index in [9.17, 15) is 9.90 Å². The number of rotatable bonds is 18. The van der Waals surface area contributed by atoms with Gasteiger partial charge in [0.15, 0.2) is 12.1 Å². The van der Waals surface area contributed by atoms with Crippen LogP contribution in [0.2, 0.25) is 0 Å². The number of ether oxygens (including phenoxy) is 6. The lowest BCUT2D eigenvalue weighted by molar-refractivity contribution is -0.214. The molecule has 2 aliphatic heterocycles. The van der Waals surface area contributed by atoms with E-state index in [2.05, 4.69) is 46.6 Å². The number of aliphatic hydroxyl groups is 1. The number of aliphatic hydroxyl groups excluding tert-OH is 1. The van der Waals surface area contributed by atoms with Crippen molar-refractivity contribution in [3.8, 4) is 11.5 Å². The van der Waals surface area contributed by atoms with Gasteiger partial charge in [-0.1, -0.05) is 91.3 Å². The molecule has 2 aliphatic rings. The van der Waals surface area contributed by atoms with Crippen LogP contribution in [0.15, 0.2) is 109 Å². The number of alkyl carbamates (subject to hydrolysis) is 1. The Morgan fingerprint density at radius 1 is 0.842 bits per heavy atom. The Bertz CT molecular complexity index is 1760. The molecule has 6 rings (SSSR count). The van der Waals surface area contributed by atoms with E-state index in [1.54, 1.807) is 14.2 Å². The fourth-order valence-electron chi connectivity index (χ4n) is 7.41. The minimum atomic E-state index is -0.795. The van der Waals surface area contributed by atoms with Gasteiger partial charge in [-0.3, -0.25) is 4.90 Å². The molecule has 12 nitrogen and oxygen atoms in total. The molecule has 57 heavy (non-hydrogen) atoms. The first-order chi connectivity index (χ1) is 27.6. The monoisotopic (exact) mass is 782 g/mol. The molecule has 0 aromatic heterocycles. The van der Waals surface area contributed by atoms with Crippen LogP contribution in [0.3, 0.4) is 0 Å². The van der Waals surface area contributed by atoms with Crippen molar-refractivity contribution in [1.29, 1.82) is 0 Å². The average molecular weight is 783 g/mol. The molecule has 4 aromatic carbocycles. The summed E-state index contributed by atoms with van der Waals surface area (Å²) in [4.78, 5) is 31.6. The summed E-state index contributed by atoms with van der Waals surface area (Å²) in [5, 5.41) is 14.9. The van der Waals surface area contributed by atoms with Gasteiger partial charge in [0.05, 0.1) is 32.5 Å². The predicted octanol–water partition coefficient (Wildman–Crippen LogP) is 6.85. The molecule has 2 heterocycles. The normalized spacial score (nSPS) is 19.1. The number of benzene rings is 4. The lowest BCUT2D eigenvalue weighted by Crippen LogP contribution is -2.42. The summed E-state index contributed by atoms with van der Waals surface area (Å²) in [6.45, 7) is 5.00. The maximum Gasteiger partial charge on any atom is 0.407 e. The van der Waals surface area contributed by atoms with Gasteiger partial charge < -0.3 is 38.8 Å². The van der Waals surface area contributed by atoms with Crippen LogP contribution in [0.4, 0.5) is 4.79 Å². The molecular formula is C45H54N2O10. The highest BCUT2D eigenvalue weighted by atomic mass is 16.8. The number of carbonyl (C=O) groups excluding carboxylic acids is 3. The summed E-state index contributed by atoms with van der Waals surface area (Å²) in [6, 6.07) is 35.7. The molecule has 304 valence electrons. The van der Waals surface area contributed by atoms with Crippen LogP contribution in [-0.4, -0.2) is 86.0 Å². The molecule has 1 amide bonds. The van der Waals surface area contributed by atoms with Crippen molar-refractivity contribution < 1.29 is 47.9 Å². The number of amides is 1. The maximum atomic E-state index is 13.0. The van der Waals surface area contributed by atoms with Gasteiger partial charge >= 0.3 is 12.2 Å². The second kappa shape index (κ2) is 21.5. The number of hydrogen-bond donors (Lipinski definition) is 2. The molecule has 5 atom stereocenters. The van der Waals surface area contributed by atoms with Crippen molar-refractivity contribution in [2.75, 3.05) is 27.3 Å². The first kappa shape index (κ1) is 43.1. The van der Waals surface area contributed by atoms with Crippen LogP contribution in [0, 0.1) is 0 Å². The van der Waals surface area contributed by atoms with E-state index in [0.717, 1.165) is 53.0 Å². The Morgan fingerprint density at radius 3 is 1.95 bits per heavy atom. The van der Waals surface area contributed by atoms with Crippen LogP contribution in [0.5, 0.6) is 11.5 Å². The summed E-state index contributed by atoms with van der Waals surface area (Å²) in [6.07, 6.45) is 1.51. The zero-order valence-corrected chi connectivity index (χ0v) is 33.1. The fraction of sp³-hybridized carbons (Fsp3) is 0.422. The van der Waals surface area contributed by atoms with Crippen molar-refractivity contribution in [2.45, 2.75) is 95.0 Å². The lowest BCUT2D eigenvalue weighted by atomic mass is 9.95. The molecule has 0 saturated carbocycles. The zero-order chi connectivity index (χ0) is 40.6. The highest BCUT2D eigenvalue weighted by Crippen LogP contribution is 2.39. The predicted molar refractivity (Wildman–Crippen MR) is 211 cm³/mol. The Morgan fingerprint density at radius 2 is 1.40 bits per heavy atom. The first-order valence-electron chi connectivity index (χ1n) is 19.3. The van der Waals surface area contributed by atoms with Gasteiger partial charge in [0, 0.05) is 19.0 Å². The molecule has 2 fully saturated rings. The third-order valence-electron chi connectivity index (χ3n) is 10.1. The summed E-state index contributed by atoms with van der Waals surface area (Å²) < 4.78 is 34.8. The van der Waals surface area contributed by atoms with Crippen molar-refractivity contribution in [2.24, 2.45) is 0 Å². The van der Waals surface area contributed by atoms with E-state index < -0.39 is 30.4 Å². The summed E-state index contributed by atoms with van der Waals surface area (Å²) in [5.41, 5.74) is 4.21. The molecule has 2 saturated heterocycles. The fourth-order valence-corrected chi connectivity index (χ4v) is 7.41. The van der Waals surface area contributed by atoms with Gasteiger partial charge in [-0.05, 0) is 86.2 Å². The van der Waals surface area contributed by atoms with E-state index in [4.69, 9.17) is 38.0 Å². The third-order valence-corrected chi connectivity index (χ3v) is 10.1. The van der Waals surface area contributed by atoms with E-state index in [0.29, 0.717) is 25.9 Å². The van der Waals surface area contributed by atoms with E-state index in [1.165, 1.54) is 0 Å². The van der Waals surface area contributed by atoms with Gasteiger partial charge in [0.1, 0.15) is 24.2 Å².